The van der Waals surface area contributed by atoms with Crippen LogP contribution in [0.2, 0.25) is 0 Å². The normalized spacial score (nSPS) is 11.8. The first-order chi connectivity index (χ1) is 8.13. The van der Waals surface area contributed by atoms with Crippen molar-refractivity contribution in [1.29, 1.82) is 0 Å². The van der Waals surface area contributed by atoms with Crippen molar-refractivity contribution in [1.82, 2.24) is 25.6 Å². The van der Waals surface area contributed by atoms with Crippen molar-refractivity contribution >= 4 is 12.0 Å². The topological polar surface area (TPSA) is 109 Å². The van der Waals surface area contributed by atoms with Crippen LogP contribution in [0.15, 0.2) is 12.4 Å². The molecule has 94 valence electrons. The zero-order valence-electron chi connectivity index (χ0n) is 9.46. The molecule has 0 saturated heterocycles. The monoisotopic (exact) mass is 241 g/mol. The molecule has 2 amide bonds. The summed E-state index contributed by atoms with van der Waals surface area (Å²) in [6.45, 7) is 2.52. The highest BCUT2D eigenvalue weighted by molar-refractivity contribution is 5.82. The smallest absolute Gasteiger partial charge is 0.326 e. The van der Waals surface area contributed by atoms with Crippen molar-refractivity contribution in [3.05, 3.63) is 12.4 Å². The predicted molar refractivity (Wildman–Crippen MR) is 58.3 cm³/mol. The lowest BCUT2D eigenvalue weighted by Gasteiger charge is -2.12. The third kappa shape index (κ3) is 4.49. The van der Waals surface area contributed by atoms with E-state index in [1.54, 1.807) is 17.8 Å². The van der Waals surface area contributed by atoms with E-state index in [1.165, 1.54) is 6.20 Å². The molecule has 0 aliphatic heterocycles. The fourth-order valence-electron chi connectivity index (χ4n) is 1.18. The number of carbonyl (C=O) groups excluding carboxylic acids is 1. The second kappa shape index (κ2) is 6.46. The Kier molecular flexibility index (Phi) is 4.92. The molecule has 3 N–H and O–H groups in total. The minimum atomic E-state index is -1.04. The van der Waals surface area contributed by atoms with Gasteiger partial charge in [0.15, 0.2) is 0 Å². The Morgan fingerprint density at radius 2 is 2.29 bits per heavy atom. The second-order valence-corrected chi connectivity index (χ2v) is 3.37. The molecule has 0 aromatic carbocycles. The first-order valence-electron chi connectivity index (χ1n) is 5.24. The molecule has 1 atom stereocenters. The molecule has 1 rings (SSSR count). The van der Waals surface area contributed by atoms with Crippen LogP contribution >= 0.6 is 0 Å². The summed E-state index contributed by atoms with van der Waals surface area (Å²) in [5.74, 6) is -1.04. The summed E-state index contributed by atoms with van der Waals surface area (Å²) in [5.41, 5.74) is 0. The standard InChI is InChI=1S/C9H15N5O3/c1-2-7(8(15)16)12-9(17)10-3-5-14-6-4-11-13-14/h4,6-7H,2-3,5H2,1H3,(H,15,16)(H2,10,12,17)/t7-/m1/s1. The quantitative estimate of drug-likeness (QED) is 0.618. The number of carboxylic acids is 1. The molecule has 0 fully saturated rings. The van der Waals surface area contributed by atoms with Gasteiger partial charge < -0.3 is 15.7 Å². The highest BCUT2D eigenvalue weighted by Gasteiger charge is 2.16. The van der Waals surface area contributed by atoms with Crippen LogP contribution in [0.3, 0.4) is 0 Å². The Bertz CT molecular complexity index is 365. The molecule has 0 bridgehead atoms. The summed E-state index contributed by atoms with van der Waals surface area (Å²) in [7, 11) is 0. The number of amides is 2. The minimum absolute atomic E-state index is 0.339. The molecule has 17 heavy (non-hydrogen) atoms. The molecule has 1 aromatic heterocycles. The number of rotatable bonds is 6. The van der Waals surface area contributed by atoms with Crippen molar-refractivity contribution in [2.45, 2.75) is 25.9 Å². The van der Waals surface area contributed by atoms with Crippen molar-refractivity contribution in [3.63, 3.8) is 0 Å². The first-order valence-corrected chi connectivity index (χ1v) is 5.24. The highest BCUT2D eigenvalue weighted by Crippen LogP contribution is 1.90. The number of carboxylic acid groups (broad SMARTS) is 1. The fraction of sp³-hybridized carbons (Fsp3) is 0.556. The van der Waals surface area contributed by atoms with E-state index in [2.05, 4.69) is 20.9 Å². The molecule has 0 saturated carbocycles. The molecule has 0 spiro atoms. The summed E-state index contributed by atoms with van der Waals surface area (Å²) in [5, 5.41) is 21.0. The first kappa shape index (κ1) is 12.9. The fourth-order valence-corrected chi connectivity index (χ4v) is 1.18. The van der Waals surface area contributed by atoms with E-state index in [1.807, 2.05) is 0 Å². The molecular formula is C9H15N5O3. The molecule has 1 aromatic rings. The van der Waals surface area contributed by atoms with Gasteiger partial charge in [-0.15, -0.1) is 5.10 Å². The highest BCUT2D eigenvalue weighted by atomic mass is 16.4. The Labute approximate surface area is 98.0 Å². The van der Waals surface area contributed by atoms with Gasteiger partial charge >= 0.3 is 12.0 Å². The van der Waals surface area contributed by atoms with E-state index in [0.717, 1.165) is 0 Å². The number of aromatic nitrogens is 3. The van der Waals surface area contributed by atoms with E-state index in [9.17, 15) is 9.59 Å². The van der Waals surface area contributed by atoms with Gasteiger partial charge in [0, 0.05) is 12.7 Å². The van der Waals surface area contributed by atoms with Crippen LogP contribution < -0.4 is 10.6 Å². The van der Waals surface area contributed by atoms with Gasteiger partial charge in [-0.25, -0.2) is 9.59 Å². The lowest BCUT2D eigenvalue weighted by molar-refractivity contribution is -0.139. The number of aliphatic carboxylic acids is 1. The number of hydrogen-bond acceptors (Lipinski definition) is 4. The van der Waals surface area contributed by atoms with Crippen LogP contribution in [0.1, 0.15) is 13.3 Å². The van der Waals surface area contributed by atoms with Gasteiger partial charge in [0.25, 0.3) is 0 Å². The molecule has 0 aliphatic rings. The number of urea groups is 1. The van der Waals surface area contributed by atoms with Crippen molar-refractivity contribution < 1.29 is 14.7 Å². The van der Waals surface area contributed by atoms with Crippen molar-refractivity contribution in [3.8, 4) is 0 Å². The summed E-state index contributed by atoms with van der Waals surface area (Å²) in [4.78, 5) is 22.0. The van der Waals surface area contributed by atoms with Crippen LogP contribution in [0.5, 0.6) is 0 Å². The second-order valence-electron chi connectivity index (χ2n) is 3.37. The van der Waals surface area contributed by atoms with Gasteiger partial charge in [-0.1, -0.05) is 12.1 Å². The molecule has 0 aliphatic carbocycles. The summed E-state index contributed by atoms with van der Waals surface area (Å²) >= 11 is 0. The number of nitrogens with zero attached hydrogens (tertiary/aromatic N) is 3. The largest absolute Gasteiger partial charge is 0.480 e. The average molecular weight is 241 g/mol. The van der Waals surface area contributed by atoms with Gasteiger partial charge in [0.2, 0.25) is 0 Å². The van der Waals surface area contributed by atoms with Gasteiger partial charge in [-0.2, -0.15) is 0 Å². The van der Waals surface area contributed by atoms with Gasteiger partial charge in [-0.3, -0.25) is 4.68 Å². The summed E-state index contributed by atoms with van der Waals surface area (Å²) in [6, 6.07) is -1.36. The van der Waals surface area contributed by atoms with Crippen LogP contribution in [-0.2, 0) is 11.3 Å². The lowest BCUT2D eigenvalue weighted by Crippen LogP contribution is -2.46. The zero-order chi connectivity index (χ0) is 12.7. The van der Waals surface area contributed by atoms with Gasteiger partial charge in [0.1, 0.15) is 6.04 Å². The third-order valence-electron chi connectivity index (χ3n) is 2.11. The zero-order valence-corrected chi connectivity index (χ0v) is 9.46. The van der Waals surface area contributed by atoms with E-state index in [4.69, 9.17) is 5.11 Å². The van der Waals surface area contributed by atoms with Crippen LogP contribution in [0.4, 0.5) is 4.79 Å². The number of carbonyl (C=O) groups is 2. The molecule has 8 nitrogen and oxygen atoms in total. The van der Waals surface area contributed by atoms with E-state index >= 15 is 0 Å². The molecule has 0 unspecified atom stereocenters. The summed E-state index contributed by atoms with van der Waals surface area (Å²) in [6.07, 6.45) is 3.55. The molecule has 8 heteroatoms. The van der Waals surface area contributed by atoms with Crippen molar-refractivity contribution in [2.24, 2.45) is 0 Å². The Hall–Kier alpha value is -2.12. The summed E-state index contributed by atoms with van der Waals surface area (Å²) < 4.78 is 1.56. The Balaban J connectivity index is 2.23. The molecular weight excluding hydrogens is 226 g/mol. The number of nitrogens with one attached hydrogen (secondary N) is 2. The van der Waals surface area contributed by atoms with E-state index in [0.29, 0.717) is 19.5 Å². The van der Waals surface area contributed by atoms with Crippen LogP contribution in [0, 0.1) is 0 Å². The molecule has 0 radical (unpaired) electrons. The lowest BCUT2D eigenvalue weighted by atomic mass is 10.2. The van der Waals surface area contributed by atoms with Gasteiger partial charge in [-0.05, 0) is 6.42 Å². The number of hydrogen-bond donors (Lipinski definition) is 3. The minimum Gasteiger partial charge on any atom is -0.480 e. The van der Waals surface area contributed by atoms with E-state index < -0.39 is 18.0 Å². The maximum atomic E-state index is 11.3. The van der Waals surface area contributed by atoms with Crippen LogP contribution in [-0.4, -0.2) is 44.7 Å². The third-order valence-corrected chi connectivity index (χ3v) is 2.11. The molecule has 1 heterocycles. The average Bonchev–Trinajstić information content (AvgIpc) is 2.78. The van der Waals surface area contributed by atoms with E-state index in [-0.39, 0.29) is 0 Å². The Morgan fingerprint density at radius 3 is 2.82 bits per heavy atom. The SMILES string of the molecule is CC[C@@H](NC(=O)NCCn1ccnn1)C(=O)O. The Morgan fingerprint density at radius 1 is 1.53 bits per heavy atom. The van der Waals surface area contributed by atoms with Crippen molar-refractivity contribution in [2.75, 3.05) is 6.54 Å². The maximum Gasteiger partial charge on any atom is 0.326 e. The predicted octanol–water partition coefficient (Wildman–Crippen LogP) is -0.559. The van der Waals surface area contributed by atoms with Crippen LogP contribution in [0.25, 0.3) is 0 Å². The van der Waals surface area contributed by atoms with Gasteiger partial charge in [0.05, 0.1) is 12.7 Å². The maximum absolute atomic E-state index is 11.3.